The molecule has 0 bridgehead atoms. The van der Waals surface area contributed by atoms with Gasteiger partial charge < -0.3 is 20.1 Å². The number of hydrogen-bond donors (Lipinski definition) is 4. The van der Waals surface area contributed by atoms with Crippen LogP contribution in [-0.4, -0.2) is 46.7 Å². The van der Waals surface area contributed by atoms with Crippen LogP contribution >= 0.6 is 0 Å². The number of hydrogen-bond acceptors (Lipinski definition) is 4. The average Bonchev–Trinajstić information content (AvgIpc) is 2.26. The third-order valence-electron chi connectivity index (χ3n) is 1.97. The van der Waals surface area contributed by atoms with Crippen molar-refractivity contribution < 1.29 is 46.3 Å². The molecule has 0 fully saturated rings. The summed E-state index contributed by atoms with van der Waals surface area (Å²) in [5.41, 5.74) is 0. The Labute approximate surface area is 153 Å². The van der Waals surface area contributed by atoms with Crippen molar-refractivity contribution in [2.24, 2.45) is 0 Å². The van der Waals surface area contributed by atoms with Gasteiger partial charge in [0.2, 0.25) is 0 Å². The largest absolute Gasteiger partial charge is 0.432 e. The van der Waals surface area contributed by atoms with Crippen LogP contribution < -0.4 is 0 Å². The fourth-order valence-corrected chi connectivity index (χ4v) is 2.25. The zero-order chi connectivity index (χ0) is 17.4. The van der Waals surface area contributed by atoms with Gasteiger partial charge in [-0.15, -0.1) is 0 Å². The zero-order valence-corrected chi connectivity index (χ0v) is 19.1. The van der Waals surface area contributed by atoms with Crippen molar-refractivity contribution in [3.05, 3.63) is 0 Å². The summed E-state index contributed by atoms with van der Waals surface area (Å²) < 4.78 is 0. The van der Waals surface area contributed by atoms with Crippen LogP contribution in [0.3, 0.4) is 0 Å². The second kappa shape index (κ2) is 23.2. The van der Waals surface area contributed by atoms with Crippen LogP contribution in [0.2, 0.25) is 18.1 Å². The van der Waals surface area contributed by atoms with Gasteiger partial charge in [0, 0.05) is 44.5 Å². The molecule has 0 saturated carbocycles. The molecule has 0 aliphatic carbocycles. The van der Waals surface area contributed by atoms with Crippen LogP contribution in [0.1, 0.15) is 62.3 Å². The topological polar surface area (TPSA) is 80.9 Å². The van der Waals surface area contributed by atoms with Gasteiger partial charge in [0.15, 0.2) is 8.32 Å². The minimum absolute atomic E-state index is 0. The smallest absolute Gasteiger partial charge is 0.187 e. The second-order valence-electron chi connectivity index (χ2n) is 5.57. The Bertz CT molecular complexity index is 133. The third-order valence-corrected chi connectivity index (χ3v) is 5.92. The molecule has 0 aromatic heterocycles. The van der Waals surface area contributed by atoms with Crippen LogP contribution in [0.25, 0.3) is 0 Å². The summed E-state index contributed by atoms with van der Waals surface area (Å²) in [5, 5.41) is 24.2. The van der Waals surface area contributed by atoms with E-state index in [9.17, 15) is 4.80 Å². The normalized spacial score (nSPS) is 9.71. The summed E-state index contributed by atoms with van der Waals surface area (Å²) in [6, 6.07) is 3.04. The Kier molecular flexibility index (Phi) is 37.1. The summed E-state index contributed by atoms with van der Waals surface area (Å²) in [6.07, 6.45) is -0.500. The fourth-order valence-electron chi connectivity index (χ4n) is 0.750. The average molecular weight is 404 g/mol. The summed E-state index contributed by atoms with van der Waals surface area (Å²) in [6.45, 7) is 16.6. The maximum absolute atomic E-state index is 9.58. The molecule has 0 aliphatic rings. The molecule has 132 valence electrons. The monoisotopic (exact) mass is 402 g/mol. The van der Waals surface area contributed by atoms with Gasteiger partial charge in [-0.25, -0.2) is 0 Å². The second-order valence-corrected chi connectivity index (χ2v) is 10.1. The molecule has 21 heavy (non-hydrogen) atoms. The summed E-state index contributed by atoms with van der Waals surface area (Å²) in [5.74, 6) is 0. The molecule has 0 aromatic carbocycles. The van der Waals surface area contributed by atoms with E-state index in [4.69, 9.17) is 15.3 Å². The van der Waals surface area contributed by atoms with E-state index in [-0.39, 0.29) is 44.5 Å². The van der Waals surface area contributed by atoms with Crippen molar-refractivity contribution in [1.29, 1.82) is 0 Å². The summed E-state index contributed by atoms with van der Waals surface area (Å²) in [4.78, 5) is 9.58. The van der Waals surface area contributed by atoms with Gasteiger partial charge in [0.1, 0.15) is 0 Å². The molecule has 0 saturated heterocycles. The van der Waals surface area contributed by atoms with Crippen molar-refractivity contribution in [3.8, 4) is 0 Å². The molecular weight excluding hydrogens is 363 g/mol. The van der Waals surface area contributed by atoms with Crippen LogP contribution in [0.5, 0.6) is 0 Å². The van der Waals surface area contributed by atoms with Gasteiger partial charge in [-0.3, -0.25) is 0 Å². The Morgan fingerprint density at radius 1 is 0.619 bits per heavy atom. The molecule has 0 heterocycles. The van der Waals surface area contributed by atoms with E-state index in [0.717, 1.165) is 18.1 Å². The first-order valence-electron chi connectivity index (χ1n) is 7.64. The standard InChI is InChI=1S/C6H16OSi.3C3H8O.Zr/c1-4-8(7,5-2)6-3;3*1-3(2)4;/h7H,4-6H2,1-3H3;3*3-4H,1-2H3;. The van der Waals surface area contributed by atoms with E-state index < -0.39 is 8.32 Å². The number of aliphatic hydroxyl groups excluding tert-OH is 3. The number of rotatable bonds is 3. The van der Waals surface area contributed by atoms with Crippen molar-refractivity contribution in [3.63, 3.8) is 0 Å². The Morgan fingerprint density at radius 3 is 0.714 bits per heavy atom. The molecule has 0 amide bonds. The molecule has 4 nitrogen and oxygen atoms in total. The van der Waals surface area contributed by atoms with Gasteiger partial charge >= 0.3 is 0 Å². The molecular formula is C15H40O4SiZr. The van der Waals surface area contributed by atoms with E-state index >= 15 is 0 Å². The summed E-state index contributed by atoms with van der Waals surface area (Å²) >= 11 is 0. The molecule has 6 heteroatoms. The maximum Gasteiger partial charge on any atom is 0.187 e. The number of aliphatic hydroxyl groups is 3. The first-order chi connectivity index (χ1) is 8.88. The van der Waals surface area contributed by atoms with Gasteiger partial charge in [0.25, 0.3) is 0 Å². The SMILES string of the molecule is CC(C)O.CC(C)O.CC(C)O.CC[Si](O)(CC)CC.[Zr]. The van der Waals surface area contributed by atoms with Crippen LogP contribution in [-0.2, 0) is 26.2 Å². The van der Waals surface area contributed by atoms with Crippen LogP contribution in [0.4, 0.5) is 0 Å². The zero-order valence-electron chi connectivity index (χ0n) is 15.6. The van der Waals surface area contributed by atoms with E-state index in [1.54, 1.807) is 41.5 Å². The minimum Gasteiger partial charge on any atom is -0.432 e. The first-order valence-corrected chi connectivity index (χ1v) is 10.2. The van der Waals surface area contributed by atoms with Gasteiger partial charge in [-0.05, 0) is 59.7 Å². The molecule has 0 aliphatic heterocycles. The quantitative estimate of drug-likeness (QED) is 0.546. The van der Waals surface area contributed by atoms with Gasteiger partial charge in [0.05, 0.1) is 0 Å². The Morgan fingerprint density at radius 2 is 0.714 bits per heavy atom. The molecule has 0 spiro atoms. The van der Waals surface area contributed by atoms with Crippen molar-refractivity contribution >= 4 is 8.32 Å². The molecule has 0 radical (unpaired) electrons. The molecule has 0 unspecified atom stereocenters. The Balaban J connectivity index is -0.0000000570. The Hall–Kier alpha value is 0.940. The predicted molar refractivity (Wildman–Crippen MR) is 91.5 cm³/mol. The van der Waals surface area contributed by atoms with Crippen LogP contribution in [0, 0.1) is 0 Å². The van der Waals surface area contributed by atoms with Gasteiger partial charge in [-0.2, -0.15) is 0 Å². The van der Waals surface area contributed by atoms with E-state index in [1.165, 1.54) is 0 Å². The predicted octanol–water partition coefficient (Wildman–Crippen LogP) is 3.14. The molecule has 0 aromatic rings. The first kappa shape index (κ1) is 33.5. The molecule has 0 rings (SSSR count). The van der Waals surface area contributed by atoms with E-state index in [2.05, 4.69) is 20.8 Å². The molecule has 4 N–H and O–H groups in total. The van der Waals surface area contributed by atoms with Crippen molar-refractivity contribution in [2.45, 2.75) is 98.8 Å². The van der Waals surface area contributed by atoms with Crippen molar-refractivity contribution in [2.75, 3.05) is 0 Å². The molecule has 0 atom stereocenters. The van der Waals surface area contributed by atoms with E-state index in [1.807, 2.05) is 0 Å². The van der Waals surface area contributed by atoms with Gasteiger partial charge in [-0.1, -0.05) is 20.8 Å². The maximum atomic E-state index is 9.58. The van der Waals surface area contributed by atoms with E-state index in [0.29, 0.717) is 0 Å². The third kappa shape index (κ3) is 76.0. The van der Waals surface area contributed by atoms with Crippen molar-refractivity contribution in [1.82, 2.24) is 0 Å². The summed E-state index contributed by atoms with van der Waals surface area (Å²) in [7, 11) is -1.67. The minimum atomic E-state index is -1.67. The fraction of sp³-hybridized carbons (Fsp3) is 1.00. The van der Waals surface area contributed by atoms with Crippen LogP contribution in [0.15, 0.2) is 0 Å².